The normalized spacial score (nSPS) is 55.5. The first-order chi connectivity index (χ1) is 34.5. The van der Waals surface area contributed by atoms with E-state index in [-0.39, 0.29) is 41.3 Å². The molecule has 0 bridgehead atoms. The highest BCUT2D eigenvalue weighted by atomic mass is 16.8. The fourth-order valence-electron chi connectivity index (χ4n) is 14.8. The molecule has 5 saturated heterocycles. The summed E-state index contributed by atoms with van der Waals surface area (Å²) >= 11 is 0. The maximum absolute atomic E-state index is 12.1. The van der Waals surface area contributed by atoms with Crippen LogP contribution in [0, 0.1) is 46.3 Å². The summed E-state index contributed by atoms with van der Waals surface area (Å²) in [4.78, 5) is 0. The van der Waals surface area contributed by atoms with Gasteiger partial charge in [0.1, 0.15) is 85.5 Å². The van der Waals surface area contributed by atoms with E-state index in [1.807, 2.05) is 6.92 Å². The van der Waals surface area contributed by atoms with Crippen LogP contribution in [0.3, 0.4) is 0 Å². The lowest BCUT2D eigenvalue weighted by Crippen LogP contribution is -2.66. The molecule has 3 unspecified atom stereocenters. The van der Waals surface area contributed by atoms with Crippen molar-refractivity contribution in [3.8, 4) is 0 Å². The quantitative estimate of drug-likeness (QED) is 0.0769. The largest absolute Gasteiger partial charge is 0.394 e. The summed E-state index contributed by atoms with van der Waals surface area (Å²) in [5.74, 6) is -0.340. The van der Waals surface area contributed by atoms with Gasteiger partial charge in [0, 0.05) is 12.3 Å². The molecule has 3 saturated carbocycles. The van der Waals surface area contributed by atoms with Crippen LogP contribution in [0.2, 0.25) is 0 Å². The Kier molecular flexibility index (Phi) is 16.9. The Morgan fingerprint density at radius 1 is 0.658 bits per heavy atom. The summed E-state index contributed by atoms with van der Waals surface area (Å²) in [7, 11) is 0. The summed E-state index contributed by atoms with van der Waals surface area (Å²) in [6.07, 6.45) is -23.4. The molecule has 9 rings (SSSR count). The van der Waals surface area contributed by atoms with Gasteiger partial charge in [-0.2, -0.15) is 0 Å². The van der Waals surface area contributed by atoms with Crippen molar-refractivity contribution in [2.75, 3.05) is 19.8 Å². The van der Waals surface area contributed by atoms with Gasteiger partial charge in [0.15, 0.2) is 37.2 Å². The van der Waals surface area contributed by atoms with E-state index in [9.17, 15) is 71.5 Å². The Balaban J connectivity index is 0.846. The van der Waals surface area contributed by atoms with Crippen molar-refractivity contribution >= 4 is 0 Å². The smallest absolute Gasteiger partial charge is 0.189 e. The van der Waals surface area contributed by atoms with Gasteiger partial charge in [-0.1, -0.05) is 39.3 Å². The third-order valence-corrected chi connectivity index (χ3v) is 19.2. The molecular formula is C50H82O23. The minimum Gasteiger partial charge on any atom is -0.394 e. The highest BCUT2D eigenvalue weighted by molar-refractivity contribution is 5.26. The van der Waals surface area contributed by atoms with Crippen LogP contribution in [-0.2, 0) is 42.6 Å². The predicted molar refractivity (Wildman–Crippen MR) is 245 cm³/mol. The van der Waals surface area contributed by atoms with Crippen LogP contribution in [0.25, 0.3) is 0 Å². The topological polar surface area (TPSA) is 366 Å². The molecule has 31 atom stereocenters. The minimum absolute atomic E-state index is 0.0745. The molecule has 0 spiro atoms. The fourth-order valence-corrected chi connectivity index (χ4v) is 14.8. The molecule has 14 N–H and O–H groups in total. The van der Waals surface area contributed by atoms with E-state index < -0.39 is 148 Å². The maximum Gasteiger partial charge on any atom is 0.189 e. The monoisotopic (exact) mass is 1050 g/mol. The molecule has 8 fully saturated rings. The number of aliphatic hydroxyl groups excluding tert-OH is 13. The molecule has 4 aliphatic carbocycles. The zero-order chi connectivity index (χ0) is 52.8. The first-order valence-corrected chi connectivity index (χ1v) is 26.5. The number of fused-ring (bicyclic) bond motifs is 7. The predicted octanol–water partition coefficient (Wildman–Crippen LogP) is -3.05. The second kappa shape index (κ2) is 21.8. The number of ether oxygens (including phenoxy) is 9. The Bertz CT molecular complexity index is 1900. The molecule has 73 heavy (non-hydrogen) atoms. The van der Waals surface area contributed by atoms with Gasteiger partial charge < -0.3 is 114 Å². The van der Waals surface area contributed by atoms with E-state index in [2.05, 4.69) is 26.8 Å². The van der Waals surface area contributed by atoms with E-state index in [1.165, 1.54) is 12.5 Å². The summed E-state index contributed by atoms with van der Waals surface area (Å²) in [6.45, 7) is 9.05. The van der Waals surface area contributed by atoms with E-state index in [0.29, 0.717) is 43.4 Å². The van der Waals surface area contributed by atoms with Gasteiger partial charge >= 0.3 is 0 Å². The van der Waals surface area contributed by atoms with Gasteiger partial charge in [-0.3, -0.25) is 0 Å². The number of hydrogen-bond acceptors (Lipinski definition) is 23. The van der Waals surface area contributed by atoms with Gasteiger partial charge in [0.25, 0.3) is 0 Å². The van der Waals surface area contributed by atoms with Crippen LogP contribution in [0.1, 0.15) is 92.4 Å². The average Bonchev–Trinajstić information content (AvgIpc) is 3.80. The first-order valence-electron chi connectivity index (χ1n) is 26.5. The van der Waals surface area contributed by atoms with Crippen LogP contribution in [0.15, 0.2) is 11.6 Å². The van der Waals surface area contributed by atoms with Crippen molar-refractivity contribution < 1.29 is 114 Å². The third-order valence-electron chi connectivity index (χ3n) is 19.2. The Labute approximate surface area is 424 Å². The van der Waals surface area contributed by atoms with Gasteiger partial charge in [0.05, 0.1) is 38.1 Å². The second-order valence-corrected chi connectivity index (χ2v) is 23.5. The molecule has 23 nitrogen and oxygen atoms in total. The van der Waals surface area contributed by atoms with E-state index in [0.717, 1.165) is 32.1 Å². The van der Waals surface area contributed by atoms with Crippen molar-refractivity contribution in [1.29, 1.82) is 0 Å². The van der Waals surface area contributed by atoms with Crippen molar-refractivity contribution in [3.63, 3.8) is 0 Å². The number of aliphatic hydroxyl groups is 14. The van der Waals surface area contributed by atoms with Crippen LogP contribution >= 0.6 is 0 Å². The fraction of sp³-hybridized carbons (Fsp3) is 0.960. The molecule has 0 amide bonds. The number of allylic oxidation sites excluding steroid dienone is 1. The highest BCUT2D eigenvalue weighted by Gasteiger charge is 2.68. The lowest BCUT2D eigenvalue weighted by atomic mass is 9.47. The summed E-state index contributed by atoms with van der Waals surface area (Å²) in [5.41, 5.74) is 0.991. The zero-order valence-corrected chi connectivity index (χ0v) is 42.2. The van der Waals surface area contributed by atoms with Gasteiger partial charge in [-0.15, -0.1) is 0 Å². The van der Waals surface area contributed by atoms with Crippen LogP contribution in [-0.4, -0.2) is 232 Å². The molecule has 0 aromatic rings. The lowest BCUT2D eigenvalue weighted by Gasteiger charge is -2.58. The Morgan fingerprint density at radius 3 is 1.99 bits per heavy atom. The highest BCUT2D eigenvalue weighted by Crippen LogP contribution is 2.70. The van der Waals surface area contributed by atoms with E-state index in [4.69, 9.17) is 42.6 Å². The summed E-state index contributed by atoms with van der Waals surface area (Å²) in [5, 5.41) is 148. The summed E-state index contributed by atoms with van der Waals surface area (Å²) < 4.78 is 53.8. The van der Waals surface area contributed by atoms with Gasteiger partial charge in [-0.25, -0.2) is 0 Å². The lowest BCUT2D eigenvalue weighted by molar-refractivity contribution is -0.400. The standard InChI is InChI=1S/C50H82O23/c1-19(18-65-44-37(59)34(56)32(54)28(16-51)68-44)8-13-50(64)20(2)30-27(73-50)15-26-24-7-6-22-14-23(9-11-48(22,4)25(24)10-12-49(26,30)5)67-47-42(71-46-39(61)35(57)36(58)43(63)72-46)40(62)41(29(17-52)69-47)70-45-38(60)33(55)31(53)21(3)66-45/h6,19-21,23-47,51-64H,7-18H2,1-5H3/t19-,20-,21-,23?,24+,25-,26-,27?,28+,29+,30+,31-,32+,33+,34-,35+,36+,37+,38+,39+,40-,41+,42+,43+,44+,45+,46-,47+,48-,49-,50?/m0/s1. The van der Waals surface area contributed by atoms with Gasteiger partial charge in [0.2, 0.25) is 0 Å². The minimum atomic E-state index is -1.98. The number of rotatable bonds is 14. The molecule has 0 radical (unpaired) electrons. The SMILES string of the molecule is C[C@@H](CCC1(O)OC2C[C@H]3[C@@H]4CC=C5CC(O[C@@H]6O[C@H](CO)[C@@H](O[C@H]7O[C@@H](C)[C@H](O)[C@@H](O)[C@H]7O)[C@H](O)[C@H]6O[C@H]6O[C@@H](O)[C@H](O)[C@@H](O)[C@H]6O)CC[C@]5(C)[C@H]4CC[C@]3(C)[C@@H]2[C@@H]1C)CO[C@@H]1O[C@H](CO)[C@@H](O)[C@H](O)[C@H]1O. The second-order valence-electron chi connectivity index (χ2n) is 23.5. The van der Waals surface area contributed by atoms with Crippen molar-refractivity contribution in [2.45, 2.75) is 233 Å². The van der Waals surface area contributed by atoms with Crippen molar-refractivity contribution in [3.05, 3.63) is 11.6 Å². The number of hydrogen-bond donors (Lipinski definition) is 14. The summed E-state index contributed by atoms with van der Waals surface area (Å²) in [6, 6.07) is 0. The van der Waals surface area contributed by atoms with Crippen LogP contribution in [0.4, 0.5) is 0 Å². The molecule has 23 heteroatoms. The first kappa shape index (κ1) is 56.5. The molecule has 420 valence electrons. The van der Waals surface area contributed by atoms with Crippen molar-refractivity contribution in [1.82, 2.24) is 0 Å². The molecule has 0 aromatic carbocycles. The van der Waals surface area contributed by atoms with E-state index >= 15 is 0 Å². The Morgan fingerprint density at radius 2 is 1.29 bits per heavy atom. The third kappa shape index (κ3) is 10.1. The molecular weight excluding hydrogens is 969 g/mol. The molecule has 5 heterocycles. The van der Waals surface area contributed by atoms with E-state index in [1.54, 1.807) is 0 Å². The molecule has 5 aliphatic heterocycles. The molecule has 0 aromatic heterocycles. The Hall–Kier alpha value is -1.18. The van der Waals surface area contributed by atoms with Gasteiger partial charge in [-0.05, 0) is 98.7 Å². The van der Waals surface area contributed by atoms with Crippen LogP contribution < -0.4 is 0 Å². The average molecular weight is 1050 g/mol. The molecule has 9 aliphatic rings. The van der Waals surface area contributed by atoms with Crippen LogP contribution in [0.5, 0.6) is 0 Å². The zero-order valence-electron chi connectivity index (χ0n) is 42.2. The van der Waals surface area contributed by atoms with Crippen molar-refractivity contribution in [2.24, 2.45) is 46.3 Å². The maximum atomic E-state index is 12.1.